The van der Waals surface area contributed by atoms with E-state index in [-0.39, 0.29) is 11.9 Å². The Kier molecular flexibility index (Phi) is 5.05. The molecule has 0 fully saturated rings. The molecule has 16 heavy (non-hydrogen) atoms. The molecule has 4 nitrogen and oxygen atoms in total. The second kappa shape index (κ2) is 6.33. The predicted molar refractivity (Wildman–Crippen MR) is 64.9 cm³/mol. The maximum absolute atomic E-state index is 11.5. The fraction of sp³-hybridized carbons (Fsp3) is 0.583. The van der Waals surface area contributed by atoms with Crippen LogP contribution in [0.25, 0.3) is 0 Å². The number of nitrogens with two attached hydrogens (primary N) is 1. The van der Waals surface area contributed by atoms with E-state index in [2.05, 4.69) is 5.32 Å². The summed E-state index contributed by atoms with van der Waals surface area (Å²) in [6.45, 7) is 5.50. The maximum atomic E-state index is 11.5. The number of hydrogen-bond donors (Lipinski definition) is 2. The quantitative estimate of drug-likeness (QED) is 0.755. The highest BCUT2D eigenvalue weighted by Gasteiger charge is 2.12. The number of carbonyl (C=O) groups is 1. The number of amides is 1. The van der Waals surface area contributed by atoms with E-state index < -0.39 is 0 Å². The van der Waals surface area contributed by atoms with Gasteiger partial charge in [0.2, 0.25) is 5.91 Å². The minimum absolute atomic E-state index is 0.0355. The smallest absolute Gasteiger partial charge is 0.221 e. The van der Waals surface area contributed by atoms with Crippen molar-refractivity contribution in [3.8, 4) is 0 Å². The first-order valence-electron chi connectivity index (χ1n) is 5.72. The average Bonchev–Trinajstić information content (AvgIpc) is 2.70. The first kappa shape index (κ1) is 12.8. The zero-order chi connectivity index (χ0) is 12.0. The summed E-state index contributed by atoms with van der Waals surface area (Å²) in [6, 6.07) is 3.89. The Hall–Kier alpha value is -1.29. The number of rotatable bonds is 6. The van der Waals surface area contributed by atoms with Crippen LogP contribution in [0.4, 0.5) is 0 Å². The summed E-state index contributed by atoms with van der Waals surface area (Å²) in [6.07, 6.45) is 4.36. The van der Waals surface area contributed by atoms with Crippen molar-refractivity contribution in [2.75, 3.05) is 6.54 Å². The van der Waals surface area contributed by atoms with E-state index in [1.54, 1.807) is 0 Å². The van der Waals surface area contributed by atoms with Crippen LogP contribution in [0.3, 0.4) is 0 Å². The molecule has 1 amide bonds. The van der Waals surface area contributed by atoms with Crippen LogP contribution in [0.5, 0.6) is 0 Å². The van der Waals surface area contributed by atoms with Crippen molar-refractivity contribution in [2.45, 2.75) is 32.9 Å². The molecule has 0 aliphatic rings. The Morgan fingerprint density at radius 2 is 2.00 bits per heavy atom. The number of nitrogens with one attached hydrogen (secondary N) is 1. The van der Waals surface area contributed by atoms with Crippen molar-refractivity contribution in [3.63, 3.8) is 0 Å². The standard InChI is InChI=1S/C12H21N3O/c1-10(2)11(13)9-12(16)14-5-8-15-6-3-4-7-15/h3-4,6-7,10-11H,5,8-9,13H2,1-2H3,(H,14,16). The van der Waals surface area contributed by atoms with Gasteiger partial charge in [-0.25, -0.2) is 0 Å². The van der Waals surface area contributed by atoms with Gasteiger partial charge in [0, 0.05) is 37.9 Å². The molecule has 0 radical (unpaired) electrons. The Morgan fingerprint density at radius 3 is 2.56 bits per heavy atom. The van der Waals surface area contributed by atoms with Gasteiger partial charge in [0.05, 0.1) is 0 Å². The van der Waals surface area contributed by atoms with Crippen LogP contribution in [0.2, 0.25) is 0 Å². The van der Waals surface area contributed by atoms with E-state index in [0.717, 1.165) is 6.54 Å². The lowest BCUT2D eigenvalue weighted by Crippen LogP contribution is -2.35. The average molecular weight is 223 g/mol. The molecule has 0 aliphatic heterocycles. The Bertz CT molecular complexity index is 306. The van der Waals surface area contributed by atoms with Gasteiger partial charge in [0.25, 0.3) is 0 Å². The van der Waals surface area contributed by atoms with E-state index in [9.17, 15) is 4.79 Å². The van der Waals surface area contributed by atoms with E-state index in [0.29, 0.717) is 18.9 Å². The molecule has 1 aromatic heterocycles. The highest BCUT2D eigenvalue weighted by molar-refractivity contribution is 5.76. The van der Waals surface area contributed by atoms with Crippen LogP contribution in [0, 0.1) is 5.92 Å². The third-order valence-electron chi connectivity index (χ3n) is 2.64. The van der Waals surface area contributed by atoms with E-state index >= 15 is 0 Å². The Morgan fingerprint density at radius 1 is 1.38 bits per heavy atom. The molecule has 1 aromatic rings. The van der Waals surface area contributed by atoms with Gasteiger partial charge in [-0.2, -0.15) is 0 Å². The van der Waals surface area contributed by atoms with Crippen molar-refractivity contribution in [1.29, 1.82) is 0 Å². The summed E-state index contributed by atoms with van der Waals surface area (Å²) in [5.41, 5.74) is 5.82. The molecule has 0 aromatic carbocycles. The van der Waals surface area contributed by atoms with Crippen LogP contribution in [0.1, 0.15) is 20.3 Å². The number of aromatic nitrogens is 1. The molecule has 0 saturated heterocycles. The summed E-state index contributed by atoms with van der Waals surface area (Å²) < 4.78 is 2.03. The van der Waals surface area contributed by atoms with Crippen molar-refractivity contribution < 1.29 is 4.79 Å². The highest BCUT2D eigenvalue weighted by atomic mass is 16.1. The lowest BCUT2D eigenvalue weighted by atomic mass is 10.0. The number of hydrogen-bond acceptors (Lipinski definition) is 2. The summed E-state index contributed by atoms with van der Waals surface area (Å²) >= 11 is 0. The van der Waals surface area contributed by atoms with Crippen LogP contribution in [-0.2, 0) is 11.3 Å². The Balaban J connectivity index is 2.15. The third kappa shape index (κ3) is 4.49. The molecular weight excluding hydrogens is 202 g/mol. The predicted octanol–water partition coefficient (Wildman–Crippen LogP) is 0.978. The fourth-order valence-electron chi connectivity index (χ4n) is 1.37. The molecular formula is C12H21N3O. The first-order chi connectivity index (χ1) is 7.59. The fourth-order valence-corrected chi connectivity index (χ4v) is 1.37. The van der Waals surface area contributed by atoms with Crippen LogP contribution < -0.4 is 11.1 Å². The van der Waals surface area contributed by atoms with Gasteiger partial charge in [-0.15, -0.1) is 0 Å². The molecule has 90 valence electrons. The van der Waals surface area contributed by atoms with E-state index in [4.69, 9.17) is 5.73 Å². The Labute approximate surface area is 96.8 Å². The number of carbonyl (C=O) groups excluding carboxylic acids is 1. The highest BCUT2D eigenvalue weighted by Crippen LogP contribution is 2.02. The molecule has 0 spiro atoms. The lowest BCUT2D eigenvalue weighted by Gasteiger charge is -2.15. The van der Waals surface area contributed by atoms with Gasteiger partial charge in [-0.3, -0.25) is 4.79 Å². The normalized spacial score (nSPS) is 12.8. The summed E-state index contributed by atoms with van der Waals surface area (Å²) in [7, 11) is 0. The monoisotopic (exact) mass is 223 g/mol. The lowest BCUT2D eigenvalue weighted by molar-refractivity contribution is -0.121. The maximum Gasteiger partial charge on any atom is 0.221 e. The van der Waals surface area contributed by atoms with Crippen molar-refractivity contribution in [1.82, 2.24) is 9.88 Å². The summed E-state index contributed by atoms with van der Waals surface area (Å²) in [4.78, 5) is 11.5. The number of nitrogens with zero attached hydrogens (tertiary/aromatic N) is 1. The van der Waals surface area contributed by atoms with Crippen LogP contribution in [-0.4, -0.2) is 23.1 Å². The molecule has 3 N–H and O–H groups in total. The topological polar surface area (TPSA) is 60.1 Å². The molecule has 0 aliphatic carbocycles. The SMILES string of the molecule is CC(C)C(N)CC(=O)NCCn1cccc1. The van der Waals surface area contributed by atoms with Gasteiger partial charge in [-0.05, 0) is 18.1 Å². The van der Waals surface area contributed by atoms with Gasteiger partial charge >= 0.3 is 0 Å². The van der Waals surface area contributed by atoms with Crippen molar-refractivity contribution >= 4 is 5.91 Å². The van der Waals surface area contributed by atoms with Crippen molar-refractivity contribution in [2.24, 2.45) is 11.7 Å². The second-order valence-corrected chi connectivity index (χ2v) is 4.38. The molecule has 0 bridgehead atoms. The van der Waals surface area contributed by atoms with Gasteiger partial charge in [-0.1, -0.05) is 13.8 Å². The van der Waals surface area contributed by atoms with Gasteiger partial charge in [0.15, 0.2) is 0 Å². The minimum Gasteiger partial charge on any atom is -0.354 e. The summed E-state index contributed by atoms with van der Waals surface area (Å²) in [5.74, 6) is 0.378. The van der Waals surface area contributed by atoms with Crippen LogP contribution >= 0.6 is 0 Å². The van der Waals surface area contributed by atoms with E-state index in [1.165, 1.54) is 0 Å². The summed E-state index contributed by atoms with van der Waals surface area (Å²) in [5, 5.41) is 2.87. The zero-order valence-electron chi connectivity index (χ0n) is 10.0. The van der Waals surface area contributed by atoms with Gasteiger partial charge < -0.3 is 15.6 Å². The molecule has 1 unspecified atom stereocenters. The third-order valence-corrected chi connectivity index (χ3v) is 2.64. The zero-order valence-corrected chi connectivity index (χ0v) is 10.0. The van der Waals surface area contributed by atoms with E-state index in [1.807, 2.05) is 42.9 Å². The van der Waals surface area contributed by atoms with Crippen LogP contribution in [0.15, 0.2) is 24.5 Å². The van der Waals surface area contributed by atoms with Gasteiger partial charge in [0.1, 0.15) is 0 Å². The second-order valence-electron chi connectivity index (χ2n) is 4.38. The molecule has 1 atom stereocenters. The van der Waals surface area contributed by atoms with Crippen molar-refractivity contribution in [3.05, 3.63) is 24.5 Å². The molecule has 1 rings (SSSR count). The molecule has 1 heterocycles. The molecule has 0 saturated carbocycles. The largest absolute Gasteiger partial charge is 0.354 e. The first-order valence-corrected chi connectivity index (χ1v) is 5.72. The minimum atomic E-state index is -0.0495. The molecule has 4 heteroatoms.